The number of hydrogen-bond donors (Lipinski definition) is 1. The van der Waals surface area contributed by atoms with Crippen molar-refractivity contribution in [1.82, 2.24) is 14.8 Å². The Kier molecular flexibility index (Phi) is 4.39. The van der Waals surface area contributed by atoms with Crippen molar-refractivity contribution in [2.45, 2.75) is 6.10 Å². The summed E-state index contributed by atoms with van der Waals surface area (Å²) < 4.78 is 7.18. The molecule has 0 aliphatic rings. The van der Waals surface area contributed by atoms with Gasteiger partial charge in [0.1, 0.15) is 36.8 Å². The summed E-state index contributed by atoms with van der Waals surface area (Å²) in [6.45, 7) is 0.0230. The zero-order valence-corrected chi connectivity index (χ0v) is 12.1. The van der Waals surface area contributed by atoms with Crippen molar-refractivity contribution in [3.05, 3.63) is 71.7 Å². The van der Waals surface area contributed by atoms with Gasteiger partial charge in [0.05, 0.1) is 5.69 Å². The predicted octanol–water partition coefficient (Wildman–Crippen LogP) is 2.78. The van der Waals surface area contributed by atoms with Crippen molar-refractivity contribution in [3.63, 3.8) is 0 Å². The zero-order chi connectivity index (χ0) is 16.1. The van der Waals surface area contributed by atoms with E-state index in [2.05, 4.69) is 15.3 Å². The molecular formula is C16H14N4O3. The first-order valence-electron chi connectivity index (χ1n) is 6.96. The minimum Gasteiger partial charge on any atom is -0.491 e. The highest BCUT2D eigenvalue weighted by atomic mass is 16.5. The van der Waals surface area contributed by atoms with Crippen LogP contribution in [-0.2, 0) is 0 Å². The summed E-state index contributed by atoms with van der Waals surface area (Å²) in [5.41, 5.74) is 1.51. The molecule has 116 valence electrons. The fourth-order valence-corrected chi connectivity index (χ4v) is 2.15. The van der Waals surface area contributed by atoms with Crippen molar-refractivity contribution in [2.75, 3.05) is 6.61 Å². The number of rotatable bonds is 6. The number of hydrogen-bond acceptors (Lipinski definition) is 6. The lowest BCUT2D eigenvalue weighted by atomic mass is 10.1. The molecule has 7 nitrogen and oxygen atoms in total. The second kappa shape index (κ2) is 6.80. The summed E-state index contributed by atoms with van der Waals surface area (Å²) in [6.07, 6.45) is 2.13. The molecule has 0 aliphatic carbocycles. The smallest absolute Gasteiger partial charge is 0.138 e. The molecule has 0 spiro atoms. The monoisotopic (exact) mass is 310 g/mol. The van der Waals surface area contributed by atoms with E-state index in [1.54, 1.807) is 47.4 Å². The van der Waals surface area contributed by atoms with Crippen LogP contribution in [0.15, 0.2) is 66.4 Å². The van der Waals surface area contributed by atoms with E-state index in [4.69, 9.17) is 4.74 Å². The van der Waals surface area contributed by atoms with Crippen molar-refractivity contribution >= 4 is 5.69 Å². The molecule has 0 fully saturated rings. The molecule has 0 radical (unpaired) electrons. The van der Waals surface area contributed by atoms with Gasteiger partial charge in [-0.05, 0) is 35.5 Å². The first-order chi connectivity index (χ1) is 11.3. The molecule has 23 heavy (non-hydrogen) atoms. The Bertz CT molecular complexity index is 772. The fraction of sp³-hybridized carbons (Fsp3) is 0.125. The largest absolute Gasteiger partial charge is 0.491 e. The third-order valence-corrected chi connectivity index (χ3v) is 3.32. The lowest BCUT2D eigenvalue weighted by Crippen LogP contribution is -2.09. The van der Waals surface area contributed by atoms with Crippen molar-refractivity contribution in [1.29, 1.82) is 0 Å². The van der Waals surface area contributed by atoms with E-state index in [1.807, 2.05) is 12.1 Å². The summed E-state index contributed by atoms with van der Waals surface area (Å²) in [4.78, 5) is 14.6. The summed E-state index contributed by atoms with van der Waals surface area (Å²) in [5, 5.41) is 17.1. The topological polar surface area (TPSA) is 89.6 Å². The molecular weight excluding hydrogens is 296 g/mol. The van der Waals surface area contributed by atoms with E-state index in [0.29, 0.717) is 11.3 Å². The van der Waals surface area contributed by atoms with Gasteiger partial charge in [0, 0.05) is 5.56 Å². The van der Waals surface area contributed by atoms with Gasteiger partial charge < -0.3 is 9.84 Å². The Labute approximate surface area is 132 Å². The number of aliphatic hydroxyl groups excluding tert-OH is 1. The molecule has 3 aromatic rings. The summed E-state index contributed by atoms with van der Waals surface area (Å²) in [5.74, 6) is 0.601. The van der Waals surface area contributed by atoms with Crippen molar-refractivity contribution in [2.24, 2.45) is 5.18 Å². The van der Waals surface area contributed by atoms with E-state index in [1.165, 1.54) is 6.33 Å². The molecule has 0 saturated heterocycles. The number of nitroso groups, excluding NO2 is 1. The minimum absolute atomic E-state index is 0.0230. The van der Waals surface area contributed by atoms with Gasteiger partial charge >= 0.3 is 0 Å². The molecule has 1 N–H and O–H groups in total. The van der Waals surface area contributed by atoms with Crippen LogP contribution in [0.25, 0.3) is 5.69 Å². The maximum atomic E-state index is 10.7. The van der Waals surface area contributed by atoms with Crippen LogP contribution < -0.4 is 4.74 Å². The maximum Gasteiger partial charge on any atom is 0.138 e. The van der Waals surface area contributed by atoms with E-state index >= 15 is 0 Å². The molecule has 1 atom stereocenters. The number of nitrogens with zero attached hydrogens (tertiary/aromatic N) is 4. The van der Waals surface area contributed by atoms with Gasteiger partial charge in [0.25, 0.3) is 0 Å². The normalized spacial score (nSPS) is 11.9. The lowest BCUT2D eigenvalue weighted by molar-refractivity contribution is 0.108. The Morgan fingerprint density at radius 3 is 2.65 bits per heavy atom. The minimum atomic E-state index is -0.932. The van der Waals surface area contributed by atoms with Gasteiger partial charge in [0.2, 0.25) is 0 Å². The molecule has 0 bridgehead atoms. The molecule has 1 aromatic heterocycles. The average Bonchev–Trinajstić information content (AvgIpc) is 3.14. The predicted molar refractivity (Wildman–Crippen MR) is 83.7 cm³/mol. The number of aromatic nitrogens is 3. The van der Waals surface area contributed by atoms with Crippen LogP contribution in [0.3, 0.4) is 0 Å². The van der Waals surface area contributed by atoms with E-state index in [-0.39, 0.29) is 12.3 Å². The van der Waals surface area contributed by atoms with Gasteiger partial charge in [-0.2, -0.15) is 5.10 Å². The number of ether oxygens (including phenoxy) is 1. The molecule has 0 amide bonds. The fourth-order valence-electron chi connectivity index (χ4n) is 2.15. The van der Waals surface area contributed by atoms with Crippen LogP contribution >= 0.6 is 0 Å². The summed E-state index contributed by atoms with van der Waals surface area (Å²) in [6, 6.07) is 13.8. The summed E-state index contributed by atoms with van der Waals surface area (Å²) in [7, 11) is 0. The molecule has 1 heterocycles. The Hall–Kier alpha value is -3.06. The van der Waals surface area contributed by atoms with Crippen LogP contribution in [0.2, 0.25) is 0 Å². The first kappa shape index (κ1) is 14.9. The Morgan fingerprint density at radius 2 is 1.96 bits per heavy atom. The van der Waals surface area contributed by atoms with Crippen LogP contribution in [0, 0.1) is 4.91 Å². The number of aliphatic hydroxyl groups is 1. The highest BCUT2D eigenvalue weighted by Gasteiger charge is 2.13. The van der Waals surface area contributed by atoms with E-state index < -0.39 is 6.10 Å². The average molecular weight is 310 g/mol. The van der Waals surface area contributed by atoms with Gasteiger partial charge in [-0.15, -0.1) is 4.91 Å². The molecule has 0 aliphatic heterocycles. The van der Waals surface area contributed by atoms with Gasteiger partial charge in [-0.25, -0.2) is 9.67 Å². The number of benzene rings is 2. The van der Waals surface area contributed by atoms with Crippen LogP contribution in [0.1, 0.15) is 11.7 Å². The van der Waals surface area contributed by atoms with Crippen molar-refractivity contribution < 1.29 is 9.84 Å². The van der Waals surface area contributed by atoms with E-state index in [0.717, 1.165) is 5.69 Å². The van der Waals surface area contributed by atoms with Crippen LogP contribution in [-0.4, -0.2) is 26.5 Å². The third-order valence-electron chi connectivity index (χ3n) is 3.32. The Balaban J connectivity index is 1.65. The standard InChI is InChI=1S/C16H14N4O3/c21-16(14-3-1-2-4-15(14)19-22)9-23-13-7-5-12(6-8-13)20-11-17-10-18-20/h1-8,10-11,16,21H,9H2. The summed E-state index contributed by atoms with van der Waals surface area (Å²) >= 11 is 0. The SMILES string of the molecule is O=Nc1ccccc1C(O)COc1ccc(-n2cncn2)cc1. The highest BCUT2D eigenvalue weighted by molar-refractivity contribution is 5.46. The molecule has 7 heteroatoms. The zero-order valence-electron chi connectivity index (χ0n) is 12.1. The Morgan fingerprint density at radius 1 is 1.17 bits per heavy atom. The van der Waals surface area contributed by atoms with Crippen LogP contribution in [0.5, 0.6) is 5.75 Å². The highest BCUT2D eigenvalue weighted by Crippen LogP contribution is 2.26. The quantitative estimate of drug-likeness (QED) is 0.707. The second-order valence-electron chi connectivity index (χ2n) is 4.81. The van der Waals surface area contributed by atoms with Gasteiger partial charge in [-0.3, -0.25) is 0 Å². The molecule has 0 saturated carbocycles. The van der Waals surface area contributed by atoms with Crippen LogP contribution in [0.4, 0.5) is 5.69 Å². The second-order valence-corrected chi connectivity index (χ2v) is 4.81. The lowest BCUT2D eigenvalue weighted by Gasteiger charge is -2.14. The molecule has 3 rings (SSSR count). The third kappa shape index (κ3) is 3.41. The molecule has 2 aromatic carbocycles. The maximum absolute atomic E-state index is 10.7. The molecule has 1 unspecified atom stereocenters. The van der Waals surface area contributed by atoms with Crippen molar-refractivity contribution in [3.8, 4) is 11.4 Å². The van der Waals surface area contributed by atoms with Gasteiger partial charge in [-0.1, -0.05) is 18.2 Å². The van der Waals surface area contributed by atoms with Gasteiger partial charge in [0.15, 0.2) is 0 Å². The first-order valence-corrected chi connectivity index (χ1v) is 6.96. The van der Waals surface area contributed by atoms with E-state index in [9.17, 15) is 10.0 Å².